The molecule has 124 valence electrons. The van der Waals surface area contributed by atoms with Gasteiger partial charge in [0.25, 0.3) is 0 Å². The summed E-state index contributed by atoms with van der Waals surface area (Å²) in [6, 6.07) is 14.9. The van der Waals surface area contributed by atoms with E-state index in [1.54, 1.807) is 6.92 Å². The monoisotopic (exact) mass is 321 g/mol. The molecule has 0 fully saturated rings. The average Bonchev–Trinajstić information content (AvgIpc) is 2.93. The predicted molar refractivity (Wildman–Crippen MR) is 96.8 cm³/mol. The van der Waals surface area contributed by atoms with E-state index in [0.29, 0.717) is 19.4 Å². The first kappa shape index (κ1) is 16.4. The summed E-state index contributed by atoms with van der Waals surface area (Å²) in [4.78, 5) is 25.2. The second kappa shape index (κ2) is 7.43. The Morgan fingerprint density at radius 3 is 2.67 bits per heavy atom. The third kappa shape index (κ3) is 3.91. The quantitative estimate of drug-likeness (QED) is 0.775. The Kier molecular flexibility index (Phi) is 5.09. The molecule has 1 aliphatic rings. The van der Waals surface area contributed by atoms with Crippen LogP contribution < -0.4 is 0 Å². The van der Waals surface area contributed by atoms with Gasteiger partial charge in [0.05, 0.1) is 0 Å². The Morgan fingerprint density at radius 2 is 1.88 bits per heavy atom. The van der Waals surface area contributed by atoms with Crippen molar-refractivity contribution in [2.24, 2.45) is 0 Å². The van der Waals surface area contributed by atoms with E-state index in [1.807, 2.05) is 11.0 Å². The van der Waals surface area contributed by atoms with E-state index in [2.05, 4.69) is 42.5 Å². The van der Waals surface area contributed by atoms with E-state index in [-0.39, 0.29) is 11.7 Å². The summed E-state index contributed by atoms with van der Waals surface area (Å²) in [5, 5.41) is 2.52. The standard InChI is InChI=1S/C21H23NO2/c1-16(23)8-10-19-12-14-22(21(19)24)13-4-5-17-9-11-18-6-2-3-7-20(18)15-17/h2-3,6-7,9,11-12,15H,4-5,8,10,13-14H2,1H3. The third-order valence-corrected chi connectivity index (χ3v) is 4.57. The molecule has 0 bridgehead atoms. The number of carbonyl (C=O) groups excluding carboxylic acids is 2. The Balaban J connectivity index is 1.49. The lowest BCUT2D eigenvalue weighted by molar-refractivity contribution is -0.125. The van der Waals surface area contributed by atoms with Crippen LogP contribution in [0.5, 0.6) is 0 Å². The van der Waals surface area contributed by atoms with Gasteiger partial charge in [0, 0.05) is 25.1 Å². The molecule has 0 aliphatic carbocycles. The van der Waals surface area contributed by atoms with Crippen LogP contribution in [0.2, 0.25) is 0 Å². The number of ketones is 1. The summed E-state index contributed by atoms with van der Waals surface area (Å²) >= 11 is 0. The molecule has 24 heavy (non-hydrogen) atoms. The van der Waals surface area contributed by atoms with E-state index in [0.717, 1.165) is 25.0 Å². The van der Waals surface area contributed by atoms with Crippen LogP contribution in [0.1, 0.15) is 31.7 Å². The van der Waals surface area contributed by atoms with Gasteiger partial charge in [0.2, 0.25) is 5.91 Å². The van der Waals surface area contributed by atoms with Gasteiger partial charge in [-0.3, -0.25) is 4.79 Å². The van der Waals surface area contributed by atoms with Crippen LogP contribution in [0.4, 0.5) is 0 Å². The normalized spacial score (nSPS) is 14.3. The van der Waals surface area contributed by atoms with E-state index in [4.69, 9.17) is 0 Å². The maximum Gasteiger partial charge on any atom is 0.249 e. The van der Waals surface area contributed by atoms with Gasteiger partial charge in [-0.05, 0) is 42.5 Å². The number of carbonyl (C=O) groups is 2. The smallest absolute Gasteiger partial charge is 0.249 e. The first-order valence-electron chi connectivity index (χ1n) is 8.59. The molecule has 0 spiro atoms. The van der Waals surface area contributed by atoms with Gasteiger partial charge in [-0.15, -0.1) is 0 Å². The van der Waals surface area contributed by atoms with Gasteiger partial charge in [0.15, 0.2) is 0 Å². The molecule has 2 aromatic rings. The zero-order valence-electron chi connectivity index (χ0n) is 14.1. The Bertz CT molecular complexity index is 791. The number of nitrogens with zero attached hydrogens (tertiary/aromatic N) is 1. The largest absolute Gasteiger partial charge is 0.335 e. The summed E-state index contributed by atoms with van der Waals surface area (Å²) in [5.74, 6) is 0.244. The van der Waals surface area contributed by atoms with Gasteiger partial charge in [-0.1, -0.05) is 48.5 Å². The highest BCUT2D eigenvalue weighted by molar-refractivity contribution is 5.96. The van der Waals surface area contributed by atoms with Crippen molar-refractivity contribution in [3.8, 4) is 0 Å². The molecular weight excluding hydrogens is 298 g/mol. The number of aryl methyl sites for hydroxylation is 1. The lowest BCUT2D eigenvalue weighted by Crippen LogP contribution is -2.28. The van der Waals surface area contributed by atoms with E-state index >= 15 is 0 Å². The fourth-order valence-electron chi connectivity index (χ4n) is 3.17. The summed E-state index contributed by atoms with van der Waals surface area (Å²) in [7, 11) is 0. The predicted octanol–water partition coefficient (Wildman–Crippen LogP) is 3.91. The van der Waals surface area contributed by atoms with Gasteiger partial charge in [-0.2, -0.15) is 0 Å². The molecule has 1 heterocycles. The molecule has 0 N–H and O–H groups in total. The Labute approximate surface area is 143 Å². The molecule has 3 nitrogen and oxygen atoms in total. The van der Waals surface area contributed by atoms with Gasteiger partial charge in [0.1, 0.15) is 5.78 Å². The van der Waals surface area contributed by atoms with Crippen molar-refractivity contribution in [3.63, 3.8) is 0 Å². The zero-order valence-corrected chi connectivity index (χ0v) is 14.1. The fourth-order valence-corrected chi connectivity index (χ4v) is 3.17. The van der Waals surface area contributed by atoms with Crippen LogP contribution in [0.3, 0.4) is 0 Å². The van der Waals surface area contributed by atoms with Crippen molar-refractivity contribution in [1.29, 1.82) is 0 Å². The lowest BCUT2D eigenvalue weighted by atomic mass is 10.0. The SMILES string of the molecule is CC(=O)CCC1=CCN(CCCc2ccc3ccccc3c2)C1=O. The first-order chi connectivity index (χ1) is 11.6. The highest BCUT2D eigenvalue weighted by Gasteiger charge is 2.22. The number of hydrogen-bond acceptors (Lipinski definition) is 2. The number of hydrogen-bond donors (Lipinski definition) is 0. The molecule has 0 atom stereocenters. The van der Waals surface area contributed by atoms with Crippen LogP contribution in [-0.2, 0) is 16.0 Å². The number of fused-ring (bicyclic) bond motifs is 1. The van der Waals surface area contributed by atoms with Crippen LogP contribution in [0.25, 0.3) is 10.8 Å². The van der Waals surface area contributed by atoms with Crippen LogP contribution in [0, 0.1) is 0 Å². The van der Waals surface area contributed by atoms with Gasteiger partial charge >= 0.3 is 0 Å². The van der Waals surface area contributed by atoms with Gasteiger partial charge < -0.3 is 9.69 Å². The zero-order chi connectivity index (χ0) is 16.9. The molecule has 0 radical (unpaired) electrons. The summed E-state index contributed by atoms with van der Waals surface area (Å²) in [6.45, 7) is 3.02. The lowest BCUT2D eigenvalue weighted by Gasteiger charge is -2.16. The van der Waals surface area contributed by atoms with Crippen molar-refractivity contribution in [1.82, 2.24) is 4.90 Å². The molecule has 0 saturated heterocycles. The van der Waals surface area contributed by atoms with Crippen molar-refractivity contribution >= 4 is 22.5 Å². The van der Waals surface area contributed by atoms with Crippen LogP contribution in [0.15, 0.2) is 54.1 Å². The maximum absolute atomic E-state index is 12.3. The number of rotatable bonds is 7. The van der Waals surface area contributed by atoms with Crippen LogP contribution in [-0.4, -0.2) is 29.7 Å². The third-order valence-electron chi connectivity index (χ3n) is 4.57. The van der Waals surface area contributed by atoms with Crippen LogP contribution >= 0.6 is 0 Å². The molecule has 3 rings (SSSR count). The van der Waals surface area contributed by atoms with Gasteiger partial charge in [-0.25, -0.2) is 0 Å². The molecular formula is C21H23NO2. The Morgan fingerprint density at radius 1 is 1.08 bits per heavy atom. The van der Waals surface area contributed by atoms with E-state index in [9.17, 15) is 9.59 Å². The number of Topliss-reactive ketones (excluding diaryl/α,β-unsaturated/α-hetero) is 1. The molecule has 1 aliphatic heterocycles. The minimum atomic E-state index is 0.106. The van der Waals surface area contributed by atoms with E-state index in [1.165, 1.54) is 16.3 Å². The second-order valence-electron chi connectivity index (χ2n) is 6.47. The highest BCUT2D eigenvalue weighted by atomic mass is 16.2. The van der Waals surface area contributed by atoms with Crippen molar-refractivity contribution in [3.05, 3.63) is 59.7 Å². The topological polar surface area (TPSA) is 37.4 Å². The summed E-state index contributed by atoms with van der Waals surface area (Å²) < 4.78 is 0. The molecule has 0 aromatic heterocycles. The first-order valence-corrected chi connectivity index (χ1v) is 8.59. The van der Waals surface area contributed by atoms with Crippen molar-refractivity contribution < 1.29 is 9.59 Å². The molecule has 0 saturated carbocycles. The second-order valence-corrected chi connectivity index (χ2v) is 6.47. The fraction of sp³-hybridized carbons (Fsp3) is 0.333. The number of amides is 1. The molecule has 1 amide bonds. The minimum absolute atomic E-state index is 0.106. The number of benzene rings is 2. The van der Waals surface area contributed by atoms with Crippen molar-refractivity contribution in [2.75, 3.05) is 13.1 Å². The molecule has 3 heteroatoms. The maximum atomic E-state index is 12.3. The summed E-state index contributed by atoms with van der Waals surface area (Å²) in [5.41, 5.74) is 2.11. The van der Waals surface area contributed by atoms with E-state index < -0.39 is 0 Å². The summed E-state index contributed by atoms with van der Waals surface area (Å²) in [6.07, 6.45) is 4.94. The molecule has 0 unspecified atom stereocenters. The minimum Gasteiger partial charge on any atom is -0.335 e. The highest BCUT2D eigenvalue weighted by Crippen LogP contribution is 2.19. The average molecular weight is 321 g/mol. The molecule has 2 aromatic carbocycles. The van der Waals surface area contributed by atoms with Crippen molar-refractivity contribution in [2.45, 2.75) is 32.6 Å². The Hall–Kier alpha value is -2.42.